The molecule has 1 heterocycles. The fourth-order valence-electron chi connectivity index (χ4n) is 3.86. The molecular weight excluding hydrogens is 256 g/mol. The number of carboxylic acids is 1. The number of carboxylic acid groups (broad SMARTS) is 1. The third-order valence-corrected chi connectivity index (χ3v) is 4.94. The van der Waals surface area contributed by atoms with Crippen LogP contribution in [-0.2, 0) is 9.59 Å². The van der Waals surface area contributed by atoms with Crippen molar-refractivity contribution >= 4 is 11.9 Å². The van der Waals surface area contributed by atoms with E-state index in [-0.39, 0.29) is 12.5 Å². The monoisotopic (exact) mass is 282 g/mol. The zero-order valence-electron chi connectivity index (χ0n) is 12.5. The molecule has 1 N–H and O–H groups in total. The molecule has 1 saturated carbocycles. The molecule has 0 radical (unpaired) electrons. The standard InChI is InChI=1S/C15H26N2O3/c1-3-16(4-2)14(18)10-17-12-8-6-5-7-11(12)9-13(17)15(19)20/h11-13H,3-10H2,1-2H3,(H,19,20). The Bertz CT molecular complexity index is 368. The summed E-state index contributed by atoms with van der Waals surface area (Å²) in [6.45, 7) is 5.57. The molecule has 114 valence electrons. The van der Waals surface area contributed by atoms with E-state index >= 15 is 0 Å². The molecule has 1 saturated heterocycles. The van der Waals surface area contributed by atoms with Crippen LogP contribution in [-0.4, -0.2) is 58.5 Å². The van der Waals surface area contributed by atoms with E-state index in [4.69, 9.17) is 0 Å². The predicted molar refractivity (Wildman–Crippen MR) is 76.4 cm³/mol. The Kier molecular flexibility index (Phi) is 5.02. The molecule has 2 rings (SSSR count). The maximum Gasteiger partial charge on any atom is 0.320 e. The number of amides is 1. The lowest BCUT2D eigenvalue weighted by molar-refractivity contribution is -0.144. The van der Waals surface area contributed by atoms with E-state index in [1.807, 2.05) is 18.7 Å². The molecule has 3 atom stereocenters. The highest BCUT2D eigenvalue weighted by Crippen LogP contribution is 2.39. The summed E-state index contributed by atoms with van der Waals surface area (Å²) in [6.07, 6.45) is 5.23. The van der Waals surface area contributed by atoms with Gasteiger partial charge in [-0.2, -0.15) is 0 Å². The smallest absolute Gasteiger partial charge is 0.320 e. The zero-order chi connectivity index (χ0) is 14.7. The van der Waals surface area contributed by atoms with Crippen molar-refractivity contribution in [2.75, 3.05) is 19.6 Å². The SMILES string of the molecule is CCN(CC)C(=O)CN1C(C(=O)O)CC2CCCCC21. The summed E-state index contributed by atoms with van der Waals surface area (Å²) >= 11 is 0. The largest absolute Gasteiger partial charge is 0.480 e. The number of likely N-dealkylation sites (N-methyl/N-ethyl adjacent to an activating group) is 1. The second kappa shape index (κ2) is 6.57. The number of aliphatic carboxylic acids is 1. The molecule has 1 aliphatic carbocycles. The highest BCUT2D eigenvalue weighted by Gasteiger charge is 2.45. The number of rotatable bonds is 5. The number of nitrogens with zero attached hydrogens (tertiary/aromatic N) is 2. The summed E-state index contributed by atoms with van der Waals surface area (Å²) < 4.78 is 0. The second-order valence-electron chi connectivity index (χ2n) is 5.94. The maximum absolute atomic E-state index is 12.3. The van der Waals surface area contributed by atoms with Crippen LogP contribution in [0.1, 0.15) is 46.0 Å². The first-order valence-corrected chi connectivity index (χ1v) is 7.84. The van der Waals surface area contributed by atoms with Crippen molar-refractivity contribution in [3.05, 3.63) is 0 Å². The van der Waals surface area contributed by atoms with Crippen molar-refractivity contribution in [1.29, 1.82) is 0 Å². The quantitative estimate of drug-likeness (QED) is 0.831. The van der Waals surface area contributed by atoms with E-state index in [1.165, 1.54) is 6.42 Å². The van der Waals surface area contributed by atoms with Crippen molar-refractivity contribution in [2.24, 2.45) is 5.92 Å². The van der Waals surface area contributed by atoms with Gasteiger partial charge in [0.05, 0.1) is 6.54 Å². The molecule has 20 heavy (non-hydrogen) atoms. The molecule has 2 fully saturated rings. The Hall–Kier alpha value is -1.10. The van der Waals surface area contributed by atoms with Gasteiger partial charge in [0.15, 0.2) is 0 Å². The molecule has 1 amide bonds. The molecule has 2 aliphatic rings. The van der Waals surface area contributed by atoms with Gasteiger partial charge < -0.3 is 10.0 Å². The number of hydrogen-bond acceptors (Lipinski definition) is 3. The molecule has 5 nitrogen and oxygen atoms in total. The van der Waals surface area contributed by atoms with E-state index in [9.17, 15) is 14.7 Å². The first-order chi connectivity index (χ1) is 9.58. The average Bonchev–Trinajstić information content (AvgIpc) is 2.79. The molecule has 0 aromatic rings. The lowest BCUT2D eigenvalue weighted by atomic mass is 9.85. The summed E-state index contributed by atoms with van der Waals surface area (Å²) in [5, 5.41) is 9.43. The van der Waals surface area contributed by atoms with Gasteiger partial charge in [0.2, 0.25) is 5.91 Å². The van der Waals surface area contributed by atoms with Gasteiger partial charge in [0, 0.05) is 19.1 Å². The van der Waals surface area contributed by atoms with E-state index in [0.29, 0.717) is 31.5 Å². The van der Waals surface area contributed by atoms with Crippen molar-refractivity contribution < 1.29 is 14.7 Å². The third-order valence-electron chi connectivity index (χ3n) is 4.94. The average molecular weight is 282 g/mol. The van der Waals surface area contributed by atoms with Gasteiger partial charge in [0.25, 0.3) is 0 Å². The van der Waals surface area contributed by atoms with Crippen LogP contribution in [0.2, 0.25) is 0 Å². The van der Waals surface area contributed by atoms with E-state index < -0.39 is 12.0 Å². The number of likely N-dealkylation sites (tertiary alicyclic amines) is 1. The van der Waals surface area contributed by atoms with Crippen LogP contribution in [0.5, 0.6) is 0 Å². The highest BCUT2D eigenvalue weighted by atomic mass is 16.4. The van der Waals surface area contributed by atoms with Gasteiger partial charge in [-0.05, 0) is 39.0 Å². The topological polar surface area (TPSA) is 60.9 Å². The fourth-order valence-corrected chi connectivity index (χ4v) is 3.86. The summed E-state index contributed by atoms with van der Waals surface area (Å²) in [5.74, 6) is -0.242. The molecule has 1 aliphatic heterocycles. The van der Waals surface area contributed by atoms with Crippen LogP contribution in [0.3, 0.4) is 0 Å². The number of fused-ring (bicyclic) bond motifs is 1. The number of carbonyl (C=O) groups excluding carboxylic acids is 1. The third kappa shape index (κ3) is 2.97. The Balaban J connectivity index is 2.09. The lowest BCUT2D eigenvalue weighted by Crippen LogP contribution is -2.48. The van der Waals surface area contributed by atoms with Gasteiger partial charge in [-0.15, -0.1) is 0 Å². The van der Waals surface area contributed by atoms with E-state index in [2.05, 4.69) is 0 Å². The van der Waals surface area contributed by atoms with E-state index in [1.54, 1.807) is 4.90 Å². The van der Waals surface area contributed by atoms with Crippen LogP contribution in [0.4, 0.5) is 0 Å². The summed E-state index contributed by atoms with van der Waals surface area (Å²) in [7, 11) is 0. The number of hydrogen-bond donors (Lipinski definition) is 1. The van der Waals surface area contributed by atoms with Gasteiger partial charge in [0.1, 0.15) is 6.04 Å². The van der Waals surface area contributed by atoms with Crippen LogP contribution in [0.25, 0.3) is 0 Å². The van der Waals surface area contributed by atoms with Gasteiger partial charge in [-0.3, -0.25) is 14.5 Å². The van der Waals surface area contributed by atoms with Gasteiger partial charge >= 0.3 is 5.97 Å². The Morgan fingerprint density at radius 1 is 1.20 bits per heavy atom. The summed E-state index contributed by atoms with van der Waals surface area (Å²) in [6, 6.07) is -0.174. The van der Waals surface area contributed by atoms with Gasteiger partial charge in [-0.1, -0.05) is 12.8 Å². The first-order valence-electron chi connectivity index (χ1n) is 7.84. The van der Waals surface area contributed by atoms with Crippen molar-refractivity contribution in [3.63, 3.8) is 0 Å². The minimum absolute atomic E-state index is 0.0625. The van der Waals surface area contributed by atoms with Crippen molar-refractivity contribution in [3.8, 4) is 0 Å². The minimum Gasteiger partial charge on any atom is -0.480 e. The Labute approximate surface area is 120 Å². The molecule has 0 spiro atoms. The predicted octanol–water partition coefficient (Wildman–Crippen LogP) is 1.57. The molecule has 0 bridgehead atoms. The van der Waals surface area contributed by atoms with Crippen molar-refractivity contribution in [2.45, 2.75) is 58.0 Å². The highest BCUT2D eigenvalue weighted by molar-refractivity contribution is 5.80. The minimum atomic E-state index is -0.772. The molecular formula is C15H26N2O3. The second-order valence-corrected chi connectivity index (χ2v) is 5.94. The van der Waals surface area contributed by atoms with Crippen LogP contribution in [0, 0.1) is 5.92 Å². The van der Waals surface area contributed by atoms with Crippen molar-refractivity contribution in [1.82, 2.24) is 9.80 Å². The van der Waals surface area contributed by atoms with Crippen LogP contribution >= 0.6 is 0 Å². The molecule has 5 heteroatoms. The fraction of sp³-hybridized carbons (Fsp3) is 0.867. The molecule has 0 aromatic carbocycles. The lowest BCUT2D eigenvalue weighted by Gasteiger charge is -2.33. The van der Waals surface area contributed by atoms with Gasteiger partial charge in [-0.25, -0.2) is 0 Å². The normalized spacial score (nSPS) is 30.0. The summed E-state index contributed by atoms with van der Waals surface area (Å²) in [5.41, 5.74) is 0. The van der Waals surface area contributed by atoms with Crippen LogP contribution < -0.4 is 0 Å². The Morgan fingerprint density at radius 3 is 2.45 bits per heavy atom. The van der Waals surface area contributed by atoms with E-state index in [0.717, 1.165) is 19.3 Å². The molecule has 0 aromatic heterocycles. The number of carbonyl (C=O) groups is 2. The zero-order valence-corrected chi connectivity index (χ0v) is 12.5. The summed E-state index contributed by atoms with van der Waals surface area (Å²) in [4.78, 5) is 27.5. The molecule has 3 unspecified atom stereocenters. The Morgan fingerprint density at radius 2 is 1.85 bits per heavy atom. The first kappa shape index (κ1) is 15.3. The maximum atomic E-state index is 12.3. The van der Waals surface area contributed by atoms with Crippen LogP contribution in [0.15, 0.2) is 0 Å².